The van der Waals surface area contributed by atoms with Crippen LogP contribution < -0.4 is 4.90 Å². The summed E-state index contributed by atoms with van der Waals surface area (Å²) in [6.45, 7) is 6.18. The van der Waals surface area contributed by atoms with Crippen molar-refractivity contribution in [3.63, 3.8) is 0 Å². The molecule has 2 heterocycles. The molecule has 0 spiro atoms. The predicted molar refractivity (Wildman–Crippen MR) is 75.7 cm³/mol. The molecule has 1 aliphatic rings. The molecule has 1 fully saturated rings. The summed E-state index contributed by atoms with van der Waals surface area (Å²) in [5.74, 6) is 0.509. The maximum atomic E-state index is 5.84. The van der Waals surface area contributed by atoms with Crippen LogP contribution in [0, 0.1) is 0 Å². The smallest absolute Gasteiger partial charge is 0.298 e. The van der Waals surface area contributed by atoms with Crippen molar-refractivity contribution in [2.75, 3.05) is 25.1 Å². The van der Waals surface area contributed by atoms with Gasteiger partial charge >= 0.3 is 0 Å². The van der Waals surface area contributed by atoms with E-state index in [1.165, 1.54) is 5.56 Å². The van der Waals surface area contributed by atoms with Crippen molar-refractivity contribution < 1.29 is 9.15 Å². The van der Waals surface area contributed by atoms with Crippen LogP contribution in [0.3, 0.4) is 0 Å². The van der Waals surface area contributed by atoms with Gasteiger partial charge < -0.3 is 14.1 Å². The van der Waals surface area contributed by atoms with Gasteiger partial charge in [0.15, 0.2) is 5.58 Å². The molecule has 1 unspecified atom stereocenters. The van der Waals surface area contributed by atoms with E-state index in [1.807, 2.05) is 6.07 Å². The van der Waals surface area contributed by atoms with Crippen molar-refractivity contribution >= 4 is 17.1 Å². The molecule has 0 aliphatic carbocycles. The largest absolute Gasteiger partial charge is 0.423 e. The van der Waals surface area contributed by atoms with Crippen LogP contribution in [-0.4, -0.2) is 31.3 Å². The second-order valence-electron chi connectivity index (χ2n) is 5.47. The highest BCUT2D eigenvalue weighted by Gasteiger charge is 2.25. The predicted octanol–water partition coefficient (Wildman–Crippen LogP) is 3.18. The number of nitrogens with zero attached hydrogens (tertiary/aromatic N) is 2. The molecular weight excluding hydrogens is 240 g/mol. The topological polar surface area (TPSA) is 38.5 Å². The Bertz CT molecular complexity index is 577. The fraction of sp³-hybridized carbons (Fsp3) is 0.533. The first-order valence-electron chi connectivity index (χ1n) is 6.85. The van der Waals surface area contributed by atoms with Crippen molar-refractivity contribution in [3.8, 4) is 0 Å². The molecule has 3 rings (SSSR count). The molecular formula is C15H20N2O2. The quantitative estimate of drug-likeness (QED) is 0.849. The minimum atomic E-state index is 0.293. The minimum Gasteiger partial charge on any atom is -0.423 e. The molecule has 2 aromatic rings. The summed E-state index contributed by atoms with van der Waals surface area (Å²) in [5, 5.41) is 0. The Kier molecular flexibility index (Phi) is 3.19. The van der Waals surface area contributed by atoms with E-state index >= 15 is 0 Å². The van der Waals surface area contributed by atoms with Crippen LogP contribution in [0.5, 0.6) is 0 Å². The van der Waals surface area contributed by atoms with Gasteiger partial charge in [-0.3, -0.25) is 0 Å². The van der Waals surface area contributed by atoms with Gasteiger partial charge in [-0.25, -0.2) is 0 Å². The third kappa shape index (κ3) is 2.32. The zero-order chi connectivity index (χ0) is 13.4. The van der Waals surface area contributed by atoms with Crippen LogP contribution in [0.2, 0.25) is 0 Å². The second-order valence-corrected chi connectivity index (χ2v) is 5.47. The molecule has 0 bridgehead atoms. The van der Waals surface area contributed by atoms with Crippen LogP contribution in [0.4, 0.5) is 6.01 Å². The molecule has 1 aromatic carbocycles. The number of hydrogen-bond donors (Lipinski definition) is 0. The highest BCUT2D eigenvalue weighted by atomic mass is 16.5. The van der Waals surface area contributed by atoms with Gasteiger partial charge in [-0.05, 0) is 30.0 Å². The van der Waals surface area contributed by atoms with Crippen molar-refractivity contribution in [2.24, 2.45) is 0 Å². The van der Waals surface area contributed by atoms with Crippen molar-refractivity contribution in [2.45, 2.75) is 32.3 Å². The van der Waals surface area contributed by atoms with Gasteiger partial charge in [0, 0.05) is 20.2 Å². The van der Waals surface area contributed by atoms with Crippen molar-refractivity contribution in [1.29, 1.82) is 0 Å². The van der Waals surface area contributed by atoms with E-state index in [2.05, 4.69) is 35.9 Å². The van der Waals surface area contributed by atoms with Gasteiger partial charge in [0.1, 0.15) is 5.52 Å². The number of benzene rings is 1. The van der Waals surface area contributed by atoms with E-state index in [1.54, 1.807) is 7.11 Å². The molecule has 0 saturated carbocycles. The van der Waals surface area contributed by atoms with Crippen LogP contribution in [0.25, 0.3) is 11.1 Å². The number of methoxy groups -OCH3 is 1. The minimum absolute atomic E-state index is 0.293. The molecule has 0 radical (unpaired) electrons. The van der Waals surface area contributed by atoms with Gasteiger partial charge in [0.2, 0.25) is 0 Å². The lowest BCUT2D eigenvalue weighted by Gasteiger charge is -2.12. The van der Waals surface area contributed by atoms with Gasteiger partial charge in [0.25, 0.3) is 6.01 Å². The van der Waals surface area contributed by atoms with E-state index in [-0.39, 0.29) is 0 Å². The molecule has 4 nitrogen and oxygen atoms in total. The maximum Gasteiger partial charge on any atom is 0.298 e. The SMILES string of the molecule is COC1CCN(c2nc3cc(C(C)C)ccc3o2)C1. The lowest BCUT2D eigenvalue weighted by Crippen LogP contribution is -2.22. The summed E-state index contributed by atoms with van der Waals surface area (Å²) < 4.78 is 11.2. The van der Waals surface area contributed by atoms with E-state index in [0.29, 0.717) is 12.0 Å². The van der Waals surface area contributed by atoms with E-state index in [0.717, 1.165) is 36.6 Å². The molecule has 4 heteroatoms. The van der Waals surface area contributed by atoms with E-state index in [4.69, 9.17) is 9.15 Å². The number of anilines is 1. The highest BCUT2D eigenvalue weighted by Crippen LogP contribution is 2.27. The molecule has 1 saturated heterocycles. The summed E-state index contributed by atoms with van der Waals surface area (Å²) in [4.78, 5) is 6.77. The summed E-state index contributed by atoms with van der Waals surface area (Å²) in [6.07, 6.45) is 1.33. The summed E-state index contributed by atoms with van der Waals surface area (Å²) in [7, 11) is 1.76. The summed E-state index contributed by atoms with van der Waals surface area (Å²) >= 11 is 0. The van der Waals surface area contributed by atoms with Crippen LogP contribution in [0.1, 0.15) is 31.7 Å². The summed E-state index contributed by atoms with van der Waals surface area (Å²) in [6, 6.07) is 6.97. The third-order valence-corrected chi connectivity index (χ3v) is 3.82. The van der Waals surface area contributed by atoms with Crippen molar-refractivity contribution in [1.82, 2.24) is 4.98 Å². The number of rotatable bonds is 3. The first-order chi connectivity index (χ1) is 9.17. The van der Waals surface area contributed by atoms with Gasteiger partial charge in [0.05, 0.1) is 6.10 Å². The number of ether oxygens (including phenoxy) is 1. The molecule has 19 heavy (non-hydrogen) atoms. The fourth-order valence-electron chi connectivity index (χ4n) is 2.52. The maximum absolute atomic E-state index is 5.84. The fourth-order valence-corrected chi connectivity index (χ4v) is 2.52. The van der Waals surface area contributed by atoms with Gasteiger partial charge in [-0.1, -0.05) is 19.9 Å². The van der Waals surface area contributed by atoms with E-state index < -0.39 is 0 Å². The highest BCUT2D eigenvalue weighted by molar-refractivity contribution is 5.75. The number of hydrogen-bond acceptors (Lipinski definition) is 4. The third-order valence-electron chi connectivity index (χ3n) is 3.82. The molecule has 0 N–H and O–H groups in total. The Hall–Kier alpha value is -1.55. The van der Waals surface area contributed by atoms with E-state index in [9.17, 15) is 0 Å². The standard InChI is InChI=1S/C15H20N2O2/c1-10(2)11-4-5-14-13(8-11)16-15(19-14)17-7-6-12(9-17)18-3/h4-5,8,10,12H,6-7,9H2,1-3H3. The Labute approximate surface area is 113 Å². The molecule has 1 atom stereocenters. The Morgan fingerprint density at radius 2 is 2.26 bits per heavy atom. The number of fused-ring (bicyclic) bond motifs is 1. The Morgan fingerprint density at radius 3 is 2.95 bits per heavy atom. The summed E-state index contributed by atoms with van der Waals surface area (Å²) in [5.41, 5.74) is 3.10. The zero-order valence-corrected chi connectivity index (χ0v) is 11.7. The number of oxazole rings is 1. The van der Waals surface area contributed by atoms with Gasteiger partial charge in [-0.15, -0.1) is 0 Å². The monoisotopic (exact) mass is 260 g/mol. The lowest BCUT2D eigenvalue weighted by atomic mass is 10.0. The second kappa shape index (κ2) is 4.85. The van der Waals surface area contributed by atoms with Gasteiger partial charge in [-0.2, -0.15) is 4.98 Å². The normalized spacial score (nSPS) is 19.8. The Balaban J connectivity index is 1.89. The lowest BCUT2D eigenvalue weighted by molar-refractivity contribution is 0.121. The van der Waals surface area contributed by atoms with Crippen LogP contribution in [-0.2, 0) is 4.74 Å². The zero-order valence-electron chi connectivity index (χ0n) is 11.7. The average molecular weight is 260 g/mol. The van der Waals surface area contributed by atoms with Crippen LogP contribution in [0.15, 0.2) is 22.6 Å². The number of aromatic nitrogens is 1. The average Bonchev–Trinajstić information content (AvgIpc) is 3.03. The first-order valence-corrected chi connectivity index (χ1v) is 6.85. The van der Waals surface area contributed by atoms with Crippen molar-refractivity contribution in [3.05, 3.63) is 23.8 Å². The molecule has 1 aliphatic heterocycles. The first kappa shape index (κ1) is 12.5. The van der Waals surface area contributed by atoms with Crippen LogP contribution >= 0.6 is 0 Å². The molecule has 1 aromatic heterocycles. The molecule has 102 valence electrons. The Morgan fingerprint density at radius 1 is 1.42 bits per heavy atom. The molecule has 0 amide bonds.